The van der Waals surface area contributed by atoms with Crippen LogP contribution in [0.3, 0.4) is 0 Å². The number of aromatic nitrogens is 4. The first-order chi connectivity index (χ1) is 32.5. The minimum absolute atomic E-state index is 0.0502. The van der Waals surface area contributed by atoms with Crippen LogP contribution in [0.5, 0.6) is 23.3 Å². The Morgan fingerprint density at radius 1 is 0.591 bits per heavy atom. The van der Waals surface area contributed by atoms with Crippen molar-refractivity contribution in [1.29, 1.82) is 0 Å². The van der Waals surface area contributed by atoms with Gasteiger partial charge in [0, 0.05) is 52.9 Å². The van der Waals surface area contributed by atoms with Crippen molar-refractivity contribution in [3.63, 3.8) is 0 Å². The third-order valence-corrected chi connectivity index (χ3v) is 15.0. The van der Waals surface area contributed by atoms with E-state index in [0.717, 1.165) is 107 Å². The smallest absolute Gasteiger partial charge is 0.229 e. The molecule has 334 valence electrons. The number of hydrogen-bond donors (Lipinski definition) is 0. The van der Waals surface area contributed by atoms with Crippen molar-refractivity contribution in [2.45, 2.75) is 50.0 Å². The van der Waals surface area contributed by atoms with Crippen LogP contribution in [-0.2, 0) is 0 Å². The second kappa shape index (κ2) is 18.0. The van der Waals surface area contributed by atoms with Crippen molar-refractivity contribution in [2.75, 3.05) is 40.4 Å². The molecular formula is C56H56N6O4. The second-order valence-electron chi connectivity index (χ2n) is 18.4. The van der Waals surface area contributed by atoms with Crippen LogP contribution >= 0.6 is 0 Å². The molecule has 0 spiro atoms. The number of ether oxygens (including phenoxy) is 4. The highest BCUT2D eigenvalue weighted by Crippen LogP contribution is 2.49. The summed E-state index contributed by atoms with van der Waals surface area (Å²) in [7, 11) is 3.41. The monoisotopic (exact) mass is 876 g/mol. The Bertz CT molecular complexity index is 2740. The lowest BCUT2D eigenvalue weighted by atomic mass is 9.73. The predicted molar refractivity (Wildman–Crippen MR) is 260 cm³/mol. The van der Waals surface area contributed by atoms with E-state index in [-0.39, 0.29) is 12.1 Å². The summed E-state index contributed by atoms with van der Waals surface area (Å²) in [5, 5.41) is 1.97. The molecule has 66 heavy (non-hydrogen) atoms. The average Bonchev–Trinajstić information content (AvgIpc) is 3.39. The Labute approximate surface area is 387 Å². The molecule has 10 nitrogen and oxygen atoms in total. The van der Waals surface area contributed by atoms with E-state index < -0.39 is 12.2 Å². The molecule has 10 atom stereocenters. The van der Waals surface area contributed by atoms with Crippen molar-refractivity contribution in [1.82, 2.24) is 29.7 Å². The van der Waals surface area contributed by atoms with E-state index in [1.54, 1.807) is 14.2 Å². The van der Waals surface area contributed by atoms with Gasteiger partial charge in [0.15, 0.2) is 5.82 Å². The Kier molecular flexibility index (Phi) is 11.5. The van der Waals surface area contributed by atoms with Gasteiger partial charge in [0.25, 0.3) is 0 Å². The summed E-state index contributed by atoms with van der Waals surface area (Å²) in [6, 6.07) is 37.0. The molecule has 0 radical (unpaired) electrons. The lowest BCUT2D eigenvalue weighted by Crippen LogP contribution is -2.55. The normalized spacial score (nSPS) is 25.2. The Balaban J connectivity index is 1.13. The number of pyridine rings is 2. The first kappa shape index (κ1) is 42.0. The van der Waals surface area contributed by atoms with Crippen molar-refractivity contribution in [2.24, 2.45) is 23.7 Å². The van der Waals surface area contributed by atoms with Gasteiger partial charge in [-0.1, -0.05) is 72.8 Å². The summed E-state index contributed by atoms with van der Waals surface area (Å²) >= 11 is 0. The Morgan fingerprint density at radius 3 is 1.48 bits per heavy atom. The third-order valence-electron chi connectivity index (χ3n) is 15.0. The van der Waals surface area contributed by atoms with Gasteiger partial charge in [-0.25, -0.2) is 0 Å². The molecule has 7 aromatic rings. The maximum absolute atomic E-state index is 7.73. The minimum Gasteiger partial charge on any atom is -0.497 e. The van der Waals surface area contributed by atoms with Crippen LogP contribution in [0.4, 0.5) is 0 Å². The minimum atomic E-state index is -0.437. The van der Waals surface area contributed by atoms with Crippen molar-refractivity contribution in [3.8, 4) is 45.8 Å². The van der Waals surface area contributed by atoms with Crippen LogP contribution in [0, 0.1) is 23.7 Å². The van der Waals surface area contributed by atoms with Crippen LogP contribution in [0.25, 0.3) is 44.3 Å². The molecule has 9 heterocycles. The maximum atomic E-state index is 7.73. The van der Waals surface area contributed by atoms with Gasteiger partial charge in [-0.3, -0.25) is 19.8 Å². The SMILES string of the molecule is C=CC1CN2CCC1CC2[C@@H](Oc1nc(-c2ccccc2)nc(O[C@@H](c2ccnc3ccc(OC)cc23)C2C[C@H]3CCN2C[C@@H]3C=C)c1-c1ccccc1)c1ccnc2ccc(OC)cc12. The Hall–Kier alpha value is -6.62. The molecule has 10 heteroatoms. The molecule has 0 aliphatic carbocycles. The second-order valence-corrected chi connectivity index (χ2v) is 18.4. The van der Waals surface area contributed by atoms with Gasteiger partial charge in [-0.2, -0.15) is 9.97 Å². The van der Waals surface area contributed by atoms with Gasteiger partial charge in [0.1, 0.15) is 29.3 Å². The molecule has 6 fully saturated rings. The van der Waals surface area contributed by atoms with E-state index in [4.69, 9.17) is 38.9 Å². The van der Waals surface area contributed by atoms with Gasteiger partial charge in [-0.05, 0) is 117 Å². The fourth-order valence-electron chi connectivity index (χ4n) is 11.5. The number of benzene rings is 4. The summed E-state index contributed by atoms with van der Waals surface area (Å²) < 4.78 is 27.1. The van der Waals surface area contributed by atoms with E-state index in [0.29, 0.717) is 46.8 Å². The van der Waals surface area contributed by atoms with E-state index in [1.807, 2.05) is 73.1 Å². The zero-order valence-electron chi connectivity index (χ0n) is 37.7. The highest BCUT2D eigenvalue weighted by atomic mass is 16.5. The third kappa shape index (κ3) is 7.75. The molecule has 4 bridgehead atoms. The highest BCUT2D eigenvalue weighted by molar-refractivity contribution is 5.85. The molecule has 3 aromatic heterocycles. The van der Waals surface area contributed by atoms with E-state index in [1.165, 1.54) is 0 Å². The first-order valence-corrected chi connectivity index (χ1v) is 23.4. The molecule has 0 amide bonds. The number of rotatable bonds is 14. The maximum Gasteiger partial charge on any atom is 0.229 e. The van der Waals surface area contributed by atoms with Gasteiger partial charge in [0.2, 0.25) is 11.8 Å². The molecule has 13 rings (SSSR count). The number of fused-ring (bicyclic) bond motifs is 8. The largest absolute Gasteiger partial charge is 0.497 e. The summed E-state index contributed by atoms with van der Waals surface area (Å²) in [6.07, 6.45) is 11.4. The van der Waals surface area contributed by atoms with Crippen molar-refractivity contribution in [3.05, 3.63) is 158 Å². The molecule has 6 unspecified atom stereocenters. The van der Waals surface area contributed by atoms with Gasteiger partial charge >= 0.3 is 0 Å². The Morgan fingerprint density at radius 2 is 1.06 bits per heavy atom. The summed E-state index contributed by atoms with van der Waals surface area (Å²) in [4.78, 5) is 25.7. The zero-order chi connectivity index (χ0) is 44.7. The molecule has 6 aliphatic rings. The van der Waals surface area contributed by atoms with Gasteiger partial charge in [-0.15, -0.1) is 13.2 Å². The number of nitrogens with zero attached hydrogens (tertiary/aromatic N) is 6. The van der Waals surface area contributed by atoms with Crippen LogP contribution in [0.2, 0.25) is 0 Å². The van der Waals surface area contributed by atoms with Crippen LogP contribution in [0.15, 0.2) is 147 Å². The summed E-state index contributed by atoms with van der Waals surface area (Å²) in [5.41, 5.74) is 6.29. The molecular weight excluding hydrogens is 821 g/mol. The van der Waals surface area contributed by atoms with Crippen LogP contribution in [0.1, 0.15) is 49.0 Å². The summed E-state index contributed by atoms with van der Waals surface area (Å²) in [6.45, 7) is 12.3. The average molecular weight is 877 g/mol. The lowest BCUT2D eigenvalue weighted by molar-refractivity contribution is -0.0388. The van der Waals surface area contributed by atoms with Crippen molar-refractivity contribution >= 4 is 21.8 Å². The number of methoxy groups -OCH3 is 2. The molecule has 6 aliphatic heterocycles. The summed E-state index contributed by atoms with van der Waals surface area (Å²) in [5.74, 6) is 4.84. The quantitative estimate of drug-likeness (QED) is 0.0983. The molecule has 0 saturated carbocycles. The van der Waals surface area contributed by atoms with Crippen molar-refractivity contribution < 1.29 is 18.9 Å². The first-order valence-electron chi connectivity index (χ1n) is 23.4. The van der Waals surface area contributed by atoms with Crippen LogP contribution < -0.4 is 18.9 Å². The predicted octanol–water partition coefficient (Wildman–Crippen LogP) is 11.0. The topological polar surface area (TPSA) is 95.0 Å². The fourth-order valence-corrected chi connectivity index (χ4v) is 11.5. The molecule has 4 aromatic carbocycles. The van der Waals surface area contributed by atoms with E-state index in [9.17, 15) is 0 Å². The van der Waals surface area contributed by atoms with E-state index in [2.05, 4.69) is 83.6 Å². The molecule has 6 saturated heterocycles. The number of piperidine rings is 6. The fraction of sp³-hybridized carbons (Fsp3) is 0.321. The van der Waals surface area contributed by atoms with Gasteiger partial charge < -0.3 is 18.9 Å². The zero-order valence-corrected chi connectivity index (χ0v) is 37.7. The highest BCUT2D eigenvalue weighted by Gasteiger charge is 2.46. The van der Waals surface area contributed by atoms with Gasteiger partial charge in [0.05, 0.1) is 37.3 Å². The number of hydrogen-bond acceptors (Lipinski definition) is 10. The lowest BCUT2D eigenvalue weighted by Gasteiger charge is -2.51. The molecule has 0 N–H and O–H groups in total. The van der Waals surface area contributed by atoms with E-state index >= 15 is 0 Å². The standard InChI is InChI=1S/C56H56N6O4/c1-5-35-33-61-27-23-39(35)29-49(61)52(43-21-25-57-47-19-17-41(63-3)31-45(43)47)65-55-51(37-13-9-7-10-14-37)56(60-54(59-55)38-15-11-8-12-16-38)66-53(50-30-40-24-28-62(50)34-36(40)6-2)44-22-26-58-48-20-18-42(64-4)32-46(44)48/h5-22,25-26,31-32,35-36,39-40,49-50,52-53H,1-2,23-24,27-30,33-34H2,3-4H3/t35-,36?,39+,40?,49?,50?,52-,53-/m0/s1. The van der Waals surface area contributed by atoms with Crippen LogP contribution in [-0.4, -0.2) is 82.2 Å².